The van der Waals surface area contributed by atoms with Gasteiger partial charge in [-0.3, -0.25) is 4.99 Å². The minimum Gasteiger partial charge on any atom is -0.357 e. The van der Waals surface area contributed by atoms with Crippen molar-refractivity contribution in [1.29, 1.82) is 0 Å². The summed E-state index contributed by atoms with van der Waals surface area (Å²) >= 11 is 1.71. The predicted octanol–water partition coefficient (Wildman–Crippen LogP) is 2.81. The number of aliphatic imine (C=N–C) groups is 1. The largest absolute Gasteiger partial charge is 0.357 e. The van der Waals surface area contributed by atoms with E-state index in [9.17, 15) is 0 Å². The highest BCUT2D eigenvalue weighted by molar-refractivity contribution is 7.09. The molecule has 1 aliphatic carbocycles. The van der Waals surface area contributed by atoms with Crippen LogP contribution in [-0.2, 0) is 6.42 Å². The molecule has 1 aromatic heterocycles. The Bertz CT molecular complexity index is 493. The number of aromatic nitrogens is 1. The Morgan fingerprint density at radius 2 is 2.12 bits per heavy atom. The van der Waals surface area contributed by atoms with Gasteiger partial charge >= 0.3 is 0 Å². The van der Waals surface area contributed by atoms with Crippen molar-refractivity contribution >= 4 is 17.3 Å². The quantitative estimate of drug-likeness (QED) is 0.559. The predicted molar refractivity (Wildman–Crippen MR) is 104 cm³/mol. The van der Waals surface area contributed by atoms with Gasteiger partial charge in [-0.1, -0.05) is 19.3 Å². The first-order valence-corrected chi connectivity index (χ1v) is 10.2. The molecule has 136 valence electrons. The normalized spacial score (nSPS) is 16.6. The number of hydrogen-bond donors (Lipinski definition) is 2. The molecule has 0 saturated heterocycles. The molecule has 0 spiro atoms. The van der Waals surface area contributed by atoms with Gasteiger partial charge in [0, 0.05) is 37.5 Å². The van der Waals surface area contributed by atoms with E-state index in [2.05, 4.69) is 46.8 Å². The Morgan fingerprint density at radius 3 is 2.79 bits per heavy atom. The molecular weight excluding hydrogens is 318 g/mol. The Balaban J connectivity index is 1.70. The highest BCUT2D eigenvalue weighted by Gasteiger charge is 2.17. The van der Waals surface area contributed by atoms with Gasteiger partial charge in [0.1, 0.15) is 0 Å². The van der Waals surface area contributed by atoms with Crippen molar-refractivity contribution in [3.8, 4) is 0 Å². The Hall–Kier alpha value is -1.14. The number of nitrogens with zero attached hydrogens (tertiary/aromatic N) is 3. The SMILES string of the molecule is CCNC(=NCCN(C)C1CCCCC1)NCCc1csc(C)n1. The zero-order chi connectivity index (χ0) is 17.2. The molecule has 0 aromatic carbocycles. The molecule has 1 heterocycles. The van der Waals surface area contributed by atoms with Gasteiger partial charge in [0.2, 0.25) is 0 Å². The van der Waals surface area contributed by atoms with E-state index in [0.717, 1.165) is 55.3 Å². The smallest absolute Gasteiger partial charge is 0.191 e. The van der Waals surface area contributed by atoms with Crippen molar-refractivity contribution in [3.05, 3.63) is 16.1 Å². The third-order valence-corrected chi connectivity index (χ3v) is 5.43. The van der Waals surface area contributed by atoms with E-state index in [1.54, 1.807) is 11.3 Å². The number of guanidine groups is 1. The zero-order valence-electron chi connectivity index (χ0n) is 15.5. The van der Waals surface area contributed by atoms with Crippen LogP contribution in [-0.4, -0.2) is 55.1 Å². The van der Waals surface area contributed by atoms with E-state index in [1.165, 1.54) is 32.1 Å². The van der Waals surface area contributed by atoms with Gasteiger partial charge in [-0.15, -0.1) is 11.3 Å². The molecule has 24 heavy (non-hydrogen) atoms. The fraction of sp³-hybridized carbons (Fsp3) is 0.778. The zero-order valence-corrected chi connectivity index (χ0v) is 16.3. The molecule has 1 fully saturated rings. The van der Waals surface area contributed by atoms with Gasteiger partial charge in [0.25, 0.3) is 0 Å². The molecule has 1 saturated carbocycles. The van der Waals surface area contributed by atoms with Crippen molar-refractivity contribution < 1.29 is 0 Å². The van der Waals surface area contributed by atoms with Crippen LogP contribution in [0.15, 0.2) is 10.4 Å². The maximum absolute atomic E-state index is 4.72. The van der Waals surface area contributed by atoms with Crippen molar-refractivity contribution in [2.45, 2.75) is 58.4 Å². The standard InChI is InChI=1S/C18H33N5S/c1-4-19-18(20-11-10-16-14-24-15(2)22-16)21-12-13-23(3)17-8-6-5-7-9-17/h14,17H,4-13H2,1-3H3,(H2,19,20,21). The van der Waals surface area contributed by atoms with Crippen LogP contribution < -0.4 is 10.6 Å². The second kappa shape index (κ2) is 10.7. The number of nitrogens with one attached hydrogen (secondary N) is 2. The average molecular weight is 352 g/mol. The minimum absolute atomic E-state index is 0.761. The van der Waals surface area contributed by atoms with Crippen LogP contribution in [0.25, 0.3) is 0 Å². The summed E-state index contributed by atoms with van der Waals surface area (Å²) in [6.45, 7) is 7.79. The van der Waals surface area contributed by atoms with Crippen LogP contribution in [0.3, 0.4) is 0 Å². The molecule has 0 amide bonds. The molecular formula is C18H33N5S. The molecule has 5 nitrogen and oxygen atoms in total. The summed E-state index contributed by atoms with van der Waals surface area (Å²) < 4.78 is 0. The number of thiazole rings is 1. The van der Waals surface area contributed by atoms with Crippen LogP contribution in [0.4, 0.5) is 0 Å². The molecule has 1 aromatic rings. The summed E-state index contributed by atoms with van der Waals surface area (Å²) in [5.41, 5.74) is 1.16. The van der Waals surface area contributed by atoms with Crippen LogP contribution >= 0.6 is 11.3 Å². The summed E-state index contributed by atoms with van der Waals surface area (Å²) in [4.78, 5) is 11.7. The second-order valence-corrected chi connectivity index (χ2v) is 7.63. The van der Waals surface area contributed by atoms with E-state index in [0.29, 0.717) is 0 Å². The summed E-state index contributed by atoms with van der Waals surface area (Å²) in [6.07, 6.45) is 7.83. The fourth-order valence-corrected chi connectivity index (χ4v) is 3.84. The fourth-order valence-electron chi connectivity index (χ4n) is 3.20. The molecule has 2 rings (SSSR count). The highest BCUT2D eigenvalue weighted by Crippen LogP contribution is 2.21. The highest BCUT2D eigenvalue weighted by atomic mass is 32.1. The van der Waals surface area contributed by atoms with Crippen LogP contribution in [0.5, 0.6) is 0 Å². The van der Waals surface area contributed by atoms with Gasteiger partial charge in [-0.05, 0) is 33.7 Å². The lowest BCUT2D eigenvalue weighted by Gasteiger charge is -2.30. The summed E-state index contributed by atoms with van der Waals surface area (Å²) in [5.74, 6) is 0.918. The van der Waals surface area contributed by atoms with Gasteiger partial charge < -0.3 is 15.5 Å². The van der Waals surface area contributed by atoms with Crippen molar-refractivity contribution in [3.63, 3.8) is 0 Å². The van der Waals surface area contributed by atoms with E-state index >= 15 is 0 Å². The van der Waals surface area contributed by atoms with Gasteiger partial charge in [-0.25, -0.2) is 4.98 Å². The molecule has 2 N–H and O–H groups in total. The molecule has 0 radical (unpaired) electrons. The van der Waals surface area contributed by atoms with Crippen LogP contribution in [0.1, 0.15) is 49.7 Å². The topological polar surface area (TPSA) is 52.6 Å². The number of rotatable bonds is 8. The van der Waals surface area contributed by atoms with Crippen molar-refractivity contribution in [2.24, 2.45) is 4.99 Å². The minimum atomic E-state index is 0.761. The third-order valence-electron chi connectivity index (χ3n) is 4.61. The lowest BCUT2D eigenvalue weighted by molar-refractivity contribution is 0.196. The Kier molecular flexibility index (Phi) is 8.53. The van der Waals surface area contributed by atoms with Crippen molar-refractivity contribution in [1.82, 2.24) is 20.5 Å². The summed E-state index contributed by atoms with van der Waals surface area (Å²) in [6, 6.07) is 0.761. The van der Waals surface area contributed by atoms with Crippen LogP contribution in [0.2, 0.25) is 0 Å². The van der Waals surface area contributed by atoms with E-state index in [-0.39, 0.29) is 0 Å². The maximum Gasteiger partial charge on any atom is 0.191 e. The van der Waals surface area contributed by atoms with E-state index in [1.807, 2.05) is 0 Å². The average Bonchev–Trinajstić information content (AvgIpc) is 3.01. The molecule has 6 heteroatoms. The monoisotopic (exact) mass is 351 g/mol. The molecule has 1 aliphatic rings. The molecule has 0 aliphatic heterocycles. The van der Waals surface area contributed by atoms with Gasteiger partial charge in [0.15, 0.2) is 5.96 Å². The lowest BCUT2D eigenvalue weighted by atomic mass is 9.94. The maximum atomic E-state index is 4.72. The molecule has 0 bridgehead atoms. The first-order chi connectivity index (χ1) is 11.7. The first-order valence-electron chi connectivity index (χ1n) is 9.32. The summed E-state index contributed by atoms with van der Waals surface area (Å²) in [7, 11) is 2.25. The van der Waals surface area contributed by atoms with E-state index in [4.69, 9.17) is 4.99 Å². The second-order valence-electron chi connectivity index (χ2n) is 6.57. The van der Waals surface area contributed by atoms with Crippen LogP contribution in [0, 0.1) is 6.92 Å². The number of hydrogen-bond acceptors (Lipinski definition) is 4. The first kappa shape index (κ1) is 19.2. The van der Waals surface area contributed by atoms with Gasteiger partial charge in [-0.2, -0.15) is 0 Å². The lowest BCUT2D eigenvalue weighted by Crippen LogP contribution is -2.39. The number of aryl methyl sites for hydroxylation is 1. The number of likely N-dealkylation sites (N-methyl/N-ethyl adjacent to an activating group) is 1. The molecule has 0 unspecified atom stereocenters. The third kappa shape index (κ3) is 6.77. The van der Waals surface area contributed by atoms with Crippen molar-refractivity contribution in [2.75, 3.05) is 33.2 Å². The van der Waals surface area contributed by atoms with Gasteiger partial charge in [0.05, 0.1) is 17.2 Å². The summed E-state index contributed by atoms with van der Waals surface area (Å²) in [5, 5.41) is 10.0. The Labute approximate surface area is 151 Å². The van der Waals surface area contributed by atoms with E-state index < -0.39 is 0 Å². The molecule has 0 atom stereocenters. The Morgan fingerprint density at radius 1 is 1.33 bits per heavy atom.